The third kappa shape index (κ3) is 1.74. The highest BCUT2D eigenvalue weighted by Crippen LogP contribution is 2.38. The fraction of sp³-hybridized carbons (Fsp3) is 0.0769. The van der Waals surface area contributed by atoms with Crippen LogP contribution in [0.2, 0.25) is 5.02 Å². The van der Waals surface area contributed by atoms with Crippen LogP contribution in [0.1, 0.15) is 0 Å². The number of aromatic hydroxyl groups is 1. The molecule has 0 amide bonds. The summed E-state index contributed by atoms with van der Waals surface area (Å²) in [6.45, 7) is 0.0757. The van der Waals surface area contributed by atoms with Crippen LogP contribution in [0, 0.1) is 5.21 Å². The van der Waals surface area contributed by atoms with E-state index >= 15 is 0 Å². The van der Waals surface area contributed by atoms with Crippen molar-refractivity contribution >= 4 is 22.6 Å². The number of hydrogen-bond donors (Lipinski definition) is 1. The molecule has 0 bridgehead atoms. The summed E-state index contributed by atoms with van der Waals surface area (Å²) >= 11 is 5.88. The van der Waals surface area contributed by atoms with Gasteiger partial charge in [-0.05, 0) is 16.9 Å². The van der Waals surface area contributed by atoms with E-state index in [0.717, 1.165) is 4.80 Å². The number of rotatable bonds is 1. The smallest absolute Gasteiger partial charge is 0.250 e. The number of phenolic OH excluding ortho intramolecular Hbond substituents is 1. The first-order chi connectivity index (χ1) is 10.1. The number of ether oxygens (including phenoxy) is 2. The van der Waals surface area contributed by atoms with Crippen LogP contribution in [-0.2, 0) is 0 Å². The van der Waals surface area contributed by atoms with Crippen molar-refractivity contribution in [3.05, 3.63) is 40.6 Å². The molecule has 1 aliphatic rings. The zero-order valence-corrected chi connectivity index (χ0v) is 11.2. The van der Waals surface area contributed by atoms with E-state index < -0.39 is 0 Å². The molecule has 8 heteroatoms. The van der Waals surface area contributed by atoms with E-state index in [1.54, 1.807) is 12.1 Å². The normalized spacial score (nSPS) is 13.0. The zero-order valence-electron chi connectivity index (χ0n) is 10.5. The molecular formula is C13H8ClN3O4. The van der Waals surface area contributed by atoms with Gasteiger partial charge in [0.2, 0.25) is 17.8 Å². The maximum atomic E-state index is 12.3. The number of hydrogen-bond acceptors (Lipinski definition) is 5. The average molecular weight is 306 g/mol. The van der Waals surface area contributed by atoms with Crippen LogP contribution in [0.4, 0.5) is 0 Å². The van der Waals surface area contributed by atoms with Gasteiger partial charge in [-0.15, -0.1) is 4.85 Å². The molecule has 0 aliphatic carbocycles. The van der Waals surface area contributed by atoms with E-state index in [-0.39, 0.29) is 18.2 Å². The molecule has 2 heterocycles. The zero-order chi connectivity index (χ0) is 14.6. The van der Waals surface area contributed by atoms with Crippen molar-refractivity contribution in [1.82, 2.24) is 9.90 Å². The van der Waals surface area contributed by atoms with Crippen LogP contribution in [0.15, 0.2) is 30.3 Å². The van der Waals surface area contributed by atoms with Crippen LogP contribution < -0.4 is 14.3 Å². The van der Waals surface area contributed by atoms with E-state index in [0.29, 0.717) is 32.4 Å². The number of fused-ring (bicyclic) bond motifs is 2. The van der Waals surface area contributed by atoms with Gasteiger partial charge >= 0.3 is 0 Å². The third-order valence-electron chi connectivity index (χ3n) is 3.20. The summed E-state index contributed by atoms with van der Waals surface area (Å²) in [6.07, 6.45) is 0. The Morgan fingerprint density at radius 2 is 2.00 bits per heavy atom. The highest BCUT2D eigenvalue weighted by atomic mass is 35.5. The van der Waals surface area contributed by atoms with Crippen LogP contribution in [0.25, 0.3) is 16.7 Å². The Morgan fingerprint density at radius 3 is 2.81 bits per heavy atom. The summed E-state index contributed by atoms with van der Waals surface area (Å²) in [4.78, 5) is 1.59. The largest absolute Gasteiger partial charge is 0.692 e. The lowest BCUT2D eigenvalue weighted by Crippen LogP contribution is -2.37. The van der Waals surface area contributed by atoms with E-state index in [9.17, 15) is 10.3 Å². The summed E-state index contributed by atoms with van der Waals surface area (Å²) in [7, 11) is 0. The second-order valence-electron chi connectivity index (χ2n) is 4.49. The maximum Gasteiger partial charge on any atom is 0.250 e. The summed E-state index contributed by atoms with van der Waals surface area (Å²) in [5, 5.41) is 27.0. The number of phenols is 1. The van der Waals surface area contributed by atoms with E-state index in [4.69, 9.17) is 21.1 Å². The average Bonchev–Trinajstić information content (AvgIpc) is 3.03. The number of benzene rings is 2. The van der Waals surface area contributed by atoms with Crippen molar-refractivity contribution in [2.24, 2.45) is 0 Å². The molecule has 0 radical (unpaired) electrons. The molecular weight excluding hydrogens is 298 g/mol. The fourth-order valence-electron chi connectivity index (χ4n) is 2.21. The summed E-state index contributed by atoms with van der Waals surface area (Å²) in [6, 6.07) is 7.67. The molecule has 3 aromatic rings. The second-order valence-corrected chi connectivity index (χ2v) is 4.93. The summed E-state index contributed by atoms with van der Waals surface area (Å²) < 4.78 is 10.4. The van der Waals surface area contributed by atoms with Crippen molar-refractivity contribution in [1.29, 1.82) is 0 Å². The molecule has 0 fully saturated rings. The molecule has 7 nitrogen and oxygen atoms in total. The Hall–Kier alpha value is -2.67. The number of nitrogens with zero attached hydrogens (tertiary/aromatic N) is 3. The molecule has 0 spiro atoms. The highest BCUT2D eigenvalue weighted by Gasteiger charge is 2.23. The van der Waals surface area contributed by atoms with Gasteiger partial charge in [0.25, 0.3) is 0 Å². The van der Waals surface area contributed by atoms with Gasteiger partial charge in [0.05, 0.1) is 5.10 Å². The molecule has 2 aromatic carbocycles. The lowest BCUT2D eigenvalue weighted by Gasteiger charge is -2.06. The monoisotopic (exact) mass is 305 g/mol. The lowest BCUT2D eigenvalue weighted by molar-refractivity contribution is -0.664. The minimum absolute atomic E-state index is 0.0757. The van der Waals surface area contributed by atoms with Gasteiger partial charge in [-0.2, -0.15) is 0 Å². The molecule has 1 aromatic heterocycles. The highest BCUT2D eigenvalue weighted by molar-refractivity contribution is 6.31. The standard InChI is InChI=1S/C13H8ClN3O4/c14-7-1-2-8-9(3-7)17(19)16(15-8)10-4-12-13(5-11(10)18)21-6-20-12/h1-5,18H,6H2. The molecule has 1 aliphatic heterocycles. The van der Waals surface area contributed by atoms with Gasteiger partial charge in [-0.1, -0.05) is 11.6 Å². The molecule has 0 saturated heterocycles. The van der Waals surface area contributed by atoms with E-state index in [1.807, 2.05) is 0 Å². The maximum absolute atomic E-state index is 12.3. The first kappa shape index (κ1) is 12.1. The minimum atomic E-state index is -0.136. The molecule has 0 saturated carbocycles. The number of aromatic nitrogens is 3. The molecule has 21 heavy (non-hydrogen) atoms. The van der Waals surface area contributed by atoms with Crippen molar-refractivity contribution in [2.45, 2.75) is 0 Å². The Labute approximate surface area is 123 Å². The van der Waals surface area contributed by atoms with Gasteiger partial charge in [-0.25, -0.2) is 0 Å². The van der Waals surface area contributed by atoms with Gasteiger partial charge in [-0.3, -0.25) is 0 Å². The van der Waals surface area contributed by atoms with Crippen molar-refractivity contribution in [3.63, 3.8) is 0 Å². The predicted octanol–water partition coefficient (Wildman–Crippen LogP) is 1.75. The van der Waals surface area contributed by atoms with Gasteiger partial charge in [0, 0.05) is 23.2 Å². The van der Waals surface area contributed by atoms with Gasteiger partial charge < -0.3 is 19.8 Å². The summed E-state index contributed by atoms with van der Waals surface area (Å²) in [5.41, 5.74) is 0.965. The number of halogens is 1. The van der Waals surface area contributed by atoms with Crippen molar-refractivity contribution < 1.29 is 19.4 Å². The first-order valence-electron chi connectivity index (χ1n) is 6.04. The lowest BCUT2D eigenvalue weighted by atomic mass is 10.2. The Kier molecular flexibility index (Phi) is 2.40. The van der Waals surface area contributed by atoms with Crippen molar-refractivity contribution in [3.8, 4) is 22.9 Å². The van der Waals surface area contributed by atoms with Crippen LogP contribution in [-0.4, -0.2) is 21.8 Å². The second kappa shape index (κ2) is 4.16. The predicted molar refractivity (Wildman–Crippen MR) is 72.8 cm³/mol. The Bertz CT molecular complexity index is 877. The van der Waals surface area contributed by atoms with E-state index in [1.165, 1.54) is 18.2 Å². The Balaban J connectivity index is 1.96. The van der Waals surface area contributed by atoms with Gasteiger partial charge in [0.15, 0.2) is 22.9 Å². The SMILES string of the molecule is [O-][n+]1c2cc(Cl)ccc2nn1-c1cc2c(cc1O)OCO2. The van der Waals surface area contributed by atoms with Crippen LogP contribution in [0.5, 0.6) is 17.2 Å². The van der Waals surface area contributed by atoms with E-state index in [2.05, 4.69) is 5.10 Å². The fourth-order valence-corrected chi connectivity index (χ4v) is 2.38. The van der Waals surface area contributed by atoms with Crippen molar-refractivity contribution in [2.75, 3.05) is 6.79 Å². The van der Waals surface area contributed by atoms with Crippen LogP contribution in [0.3, 0.4) is 0 Å². The first-order valence-corrected chi connectivity index (χ1v) is 6.42. The quantitative estimate of drug-likeness (QED) is 0.547. The minimum Gasteiger partial charge on any atom is -0.692 e. The molecule has 0 unspecified atom stereocenters. The summed E-state index contributed by atoms with van der Waals surface area (Å²) in [5.74, 6) is 0.733. The molecule has 106 valence electrons. The Morgan fingerprint density at radius 1 is 1.24 bits per heavy atom. The van der Waals surface area contributed by atoms with Crippen LogP contribution >= 0.6 is 11.6 Å². The topological polar surface area (TPSA) is 83.5 Å². The molecule has 4 rings (SSSR count). The third-order valence-corrected chi connectivity index (χ3v) is 3.44. The van der Waals surface area contributed by atoms with Gasteiger partial charge in [0.1, 0.15) is 0 Å². The molecule has 1 N–H and O–H groups in total. The molecule has 0 atom stereocenters.